The highest BCUT2D eigenvalue weighted by atomic mass is 16.6. The number of anilines is 1. The number of rotatable bonds is 31. The SMILES string of the molecule is C=CC(=O)OCCOCCOCCOCCOCCOCCOCCOCCOCCNc1ccc([N+](=O)[O-])cc1[N+](=O)[O-]. The quantitative estimate of drug-likeness (QED) is 0.0408. The maximum absolute atomic E-state index is 11.1. The van der Waals surface area contributed by atoms with Gasteiger partial charge in [-0.25, -0.2) is 4.79 Å². The van der Waals surface area contributed by atoms with Crippen molar-refractivity contribution in [2.75, 3.05) is 124 Å². The van der Waals surface area contributed by atoms with E-state index in [0.717, 1.165) is 12.1 Å². The fraction of sp³-hybridized carbons (Fsp3) is 0.667. The molecule has 0 amide bonds. The lowest BCUT2D eigenvalue weighted by Crippen LogP contribution is -2.16. The van der Waals surface area contributed by atoms with Crippen LogP contribution in [0.25, 0.3) is 0 Å². The molecule has 17 nitrogen and oxygen atoms in total. The van der Waals surface area contributed by atoms with Crippen LogP contribution in [-0.2, 0) is 47.4 Å². The second-order valence-corrected chi connectivity index (χ2v) is 8.41. The summed E-state index contributed by atoms with van der Waals surface area (Å²) >= 11 is 0. The molecule has 0 atom stereocenters. The number of carbonyl (C=O) groups is 1. The number of benzene rings is 1. The maximum Gasteiger partial charge on any atom is 0.330 e. The summed E-state index contributed by atoms with van der Waals surface area (Å²) in [6.07, 6.45) is 1.10. The first-order valence-corrected chi connectivity index (χ1v) is 14.0. The van der Waals surface area contributed by atoms with Gasteiger partial charge in [-0.05, 0) is 6.07 Å². The number of ether oxygens (including phenoxy) is 9. The molecule has 1 aromatic rings. The molecule has 0 aliphatic heterocycles. The highest BCUT2D eigenvalue weighted by molar-refractivity contribution is 5.81. The molecule has 44 heavy (non-hydrogen) atoms. The summed E-state index contributed by atoms with van der Waals surface area (Å²) in [7, 11) is 0. The Balaban J connectivity index is 1.77. The molecule has 17 heteroatoms. The molecule has 0 saturated heterocycles. The Labute approximate surface area is 255 Å². The third kappa shape index (κ3) is 21.4. The van der Waals surface area contributed by atoms with Gasteiger partial charge in [0.15, 0.2) is 0 Å². The predicted octanol–water partition coefficient (Wildman–Crippen LogP) is 1.78. The zero-order valence-corrected chi connectivity index (χ0v) is 24.9. The van der Waals surface area contributed by atoms with Gasteiger partial charge in [0.05, 0.1) is 122 Å². The zero-order valence-electron chi connectivity index (χ0n) is 24.9. The minimum Gasteiger partial charge on any atom is -0.460 e. The standard InChI is InChI=1S/C27H43N3O14/c1-2-27(31)44-22-21-43-20-19-42-18-17-41-16-15-40-14-13-39-12-11-38-10-9-37-8-7-36-6-5-28-25-4-3-24(29(32)33)23-26(25)30(34)35/h2-4,23,28H,1,5-22H2. The maximum atomic E-state index is 11.1. The zero-order chi connectivity index (χ0) is 32.1. The molecular formula is C27H43N3O14. The molecule has 1 N–H and O–H groups in total. The van der Waals surface area contributed by atoms with Crippen molar-refractivity contribution >= 4 is 23.0 Å². The fourth-order valence-corrected chi connectivity index (χ4v) is 3.09. The third-order valence-corrected chi connectivity index (χ3v) is 5.19. The normalized spacial score (nSPS) is 10.9. The number of carbonyl (C=O) groups excluding carboxylic acids is 1. The summed E-state index contributed by atoms with van der Waals surface area (Å²) in [6, 6.07) is 3.41. The van der Waals surface area contributed by atoms with Gasteiger partial charge < -0.3 is 47.9 Å². The number of esters is 1. The number of nitrogens with zero attached hydrogens (tertiary/aromatic N) is 2. The summed E-state index contributed by atoms with van der Waals surface area (Å²) in [6.45, 7) is 10.2. The summed E-state index contributed by atoms with van der Waals surface area (Å²) in [5, 5.41) is 24.7. The highest BCUT2D eigenvalue weighted by Crippen LogP contribution is 2.28. The molecule has 1 rings (SSSR count). The molecule has 0 heterocycles. The highest BCUT2D eigenvalue weighted by Gasteiger charge is 2.19. The van der Waals surface area contributed by atoms with Crippen LogP contribution in [-0.4, -0.2) is 135 Å². The number of nitro groups is 2. The summed E-state index contributed by atoms with van der Waals surface area (Å²) in [5.41, 5.74) is -0.537. The first-order chi connectivity index (χ1) is 21.5. The van der Waals surface area contributed by atoms with Crippen LogP contribution in [0.3, 0.4) is 0 Å². The Morgan fingerprint density at radius 3 is 1.39 bits per heavy atom. The van der Waals surface area contributed by atoms with Crippen molar-refractivity contribution in [2.24, 2.45) is 0 Å². The summed E-state index contributed by atoms with van der Waals surface area (Å²) in [5.74, 6) is -0.474. The van der Waals surface area contributed by atoms with Crippen LogP contribution in [0.2, 0.25) is 0 Å². The number of nitro benzene ring substituents is 2. The number of non-ortho nitro benzene ring substituents is 1. The van der Waals surface area contributed by atoms with Crippen LogP contribution in [0.5, 0.6) is 0 Å². The van der Waals surface area contributed by atoms with Crippen LogP contribution < -0.4 is 5.32 Å². The van der Waals surface area contributed by atoms with Gasteiger partial charge in [0.2, 0.25) is 0 Å². The second-order valence-electron chi connectivity index (χ2n) is 8.41. The largest absolute Gasteiger partial charge is 0.460 e. The molecule has 0 aliphatic rings. The lowest BCUT2D eigenvalue weighted by Gasteiger charge is -2.09. The first kappa shape index (κ1) is 38.7. The van der Waals surface area contributed by atoms with Gasteiger partial charge in [0.1, 0.15) is 12.3 Å². The molecule has 0 aromatic heterocycles. The van der Waals surface area contributed by atoms with Crippen molar-refractivity contribution < 1.29 is 57.3 Å². The molecule has 1 aromatic carbocycles. The topological polar surface area (TPSA) is 198 Å². The van der Waals surface area contributed by atoms with Crippen molar-refractivity contribution in [1.82, 2.24) is 0 Å². The molecule has 0 fully saturated rings. The minimum atomic E-state index is -0.685. The van der Waals surface area contributed by atoms with Crippen molar-refractivity contribution in [2.45, 2.75) is 0 Å². The molecule has 0 aliphatic carbocycles. The van der Waals surface area contributed by atoms with E-state index in [-0.39, 0.29) is 36.8 Å². The van der Waals surface area contributed by atoms with Gasteiger partial charge in [0.25, 0.3) is 11.4 Å². The van der Waals surface area contributed by atoms with E-state index in [1.54, 1.807) is 0 Å². The molecule has 250 valence electrons. The van der Waals surface area contributed by atoms with E-state index in [2.05, 4.69) is 11.9 Å². The van der Waals surface area contributed by atoms with Crippen LogP contribution in [0.15, 0.2) is 30.9 Å². The smallest absolute Gasteiger partial charge is 0.330 e. The van der Waals surface area contributed by atoms with Crippen molar-refractivity contribution in [3.05, 3.63) is 51.1 Å². The van der Waals surface area contributed by atoms with Crippen molar-refractivity contribution in [1.29, 1.82) is 0 Å². The third-order valence-electron chi connectivity index (χ3n) is 5.19. The van der Waals surface area contributed by atoms with E-state index in [9.17, 15) is 25.0 Å². The van der Waals surface area contributed by atoms with Gasteiger partial charge in [-0.3, -0.25) is 20.2 Å². The van der Waals surface area contributed by atoms with E-state index in [1.165, 1.54) is 12.1 Å². The molecule has 0 bridgehead atoms. The van der Waals surface area contributed by atoms with Crippen LogP contribution in [0.4, 0.5) is 17.1 Å². The van der Waals surface area contributed by atoms with Crippen LogP contribution >= 0.6 is 0 Å². The van der Waals surface area contributed by atoms with Gasteiger partial charge in [0, 0.05) is 18.7 Å². The predicted molar refractivity (Wildman–Crippen MR) is 156 cm³/mol. The Bertz CT molecular complexity index is 937. The summed E-state index contributed by atoms with van der Waals surface area (Å²) < 4.78 is 47.8. The molecule has 0 saturated carbocycles. The monoisotopic (exact) mass is 633 g/mol. The molecule has 0 unspecified atom stereocenters. The van der Waals surface area contributed by atoms with E-state index >= 15 is 0 Å². The van der Waals surface area contributed by atoms with Gasteiger partial charge in [-0.15, -0.1) is 0 Å². The molecular weight excluding hydrogens is 590 g/mol. The van der Waals surface area contributed by atoms with Crippen LogP contribution in [0.1, 0.15) is 0 Å². The van der Waals surface area contributed by atoms with Crippen LogP contribution in [0, 0.1) is 20.2 Å². The number of hydrogen-bond acceptors (Lipinski definition) is 15. The lowest BCUT2D eigenvalue weighted by molar-refractivity contribution is -0.393. The average Bonchev–Trinajstić information content (AvgIpc) is 3.02. The Kier molecular flexibility index (Phi) is 24.0. The van der Waals surface area contributed by atoms with Gasteiger partial charge >= 0.3 is 5.97 Å². The van der Waals surface area contributed by atoms with Crippen molar-refractivity contribution in [3.63, 3.8) is 0 Å². The minimum absolute atomic E-state index is 0.181. The molecule has 0 radical (unpaired) electrons. The van der Waals surface area contributed by atoms with E-state index < -0.39 is 15.8 Å². The Morgan fingerprint density at radius 2 is 1.02 bits per heavy atom. The number of hydrogen-bond donors (Lipinski definition) is 1. The Hall–Kier alpha value is -3.29. The first-order valence-electron chi connectivity index (χ1n) is 14.0. The lowest BCUT2D eigenvalue weighted by atomic mass is 10.2. The van der Waals surface area contributed by atoms with E-state index in [1.807, 2.05) is 0 Å². The molecule has 0 spiro atoms. The van der Waals surface area contributed by atoms with Crippen molar-refractivity contribution in [3.8, 4) is 0 Å². The average molecular weight is 634 g/mol. The number of nitrogens with one attached hydrogen (secondary N) is 1. The summed E-state index contributed by atoms with van der Waals surface area (Å²) in [4.78, 5) is 31.4. The van der Waals surface area contributed by atoms with Gasteiger partial charge in [-0.2, -0.15) is 0 Å². The Morgan fingerprint density at radius 1 is 0.636 bits per heavy atom. The van der Waals surface area contributed by atoms with E-state index in [4.69, 9.17) is 42.6 Å². The fourth-order valence-electron chi connectivity index (χ4n) is 3.09. The second kappa shape index (κ2) is 27.3. The van der Waals surface area contributed by atoms with E-state index in [0.29, 0.717) is 99.1 Å². The van der Waals surface area contributed by atoms with Gasteiger partial charge in [-0.1, -0.05) is 6.58 Å².